The first-order valence-electron chi connectivity index (χ1n) is 5.60. The number of thioether (sulfide) groups is 1. The Hall–Kier alpha value is 0.270. The minimum absolute atomic E-state index is 0.487. The first-order chi connectivity index (χ1) is 6.68. The van der Waals surface area contributed by atoms with Crippen molar-refractivity contribution < 1.29 is 5.11 Å². The molecule has 0 aliphatic carbocycles. The number of nitrogens with one attached hydrogen (secondary N) is 1. The summed E-state index contributed by atoms with van der Waals surface area (Å²) in [4.78, 5) is 0. The van der Waals surface area contributed by atoms with E-state index < -0.39 is 5.60 Å². The van der Waals surface area contributed by atoms with E-state index in [4.69, 9.17) is 0 Å². The molecule has 0 bridgehead atoms. The van der Waals surface area contributed by atoms with Crippen LogP contribution in [0.1, 0.15) is 39.5 Å². The van der Waals surface area contributed by atoms with Gasteiger partial charge in [-0.05, 0) is 44.2 Å². The zero-order valence-electron chi connectivity index (χ0n) is 9.81. The molecule has 14 heavy (non-hydrogen) atoms. The predicted octanol–water partition coefficient (Wildman–Crippen LogP) is 2.27. The number of hydrogen-bond donors (Lipinski definition) is 2. The number of rotatable bonds is 9. The highest BCUT2D eigenvalue weighted by atomic mass is 32.2. The van der Waals surface area contributed by atoms with E-state index in [1.54, 1.807) is 0 Å². The second kappa shape index (κ2) is 8.57. The molecule has 2 N–H and O–H groups in total. The second-order valence-electron chi connectivity index (χ2n) is 3.81. The second-order valence-corrected chi connectivity index (χ2v) is 4.79. The van der Waals surface area contributed by atoms with Gasteiger partial charge in [0.05, 0.1) is 5.60 Å². The van der Waals surface area contributed by atoms with Gasteiger partial charge >= 0.3 is 0 Å². The topological polar surface area (TPSA) is 32.3 Å². The molecule has 3 heteroatoms. The van der Waals surface area contributed by atoms with Gasteiger partial charge in [0.1, 0.15) is 0 Å². The Morgan fingerprint density at radius 3 is 2.36 bits per heavy atom. The summed E-state index contributed by atoms with van der Waals surface area (Å²) in [6, 6.07) is 0. The quantitative estimate of drug-likeness (QED) is 0.584. The van der Waals surface area contributed by atoms with Crippen molar-refractivity contribution in [1.82, 2.24) is 5.32 Å². The molecular weight excluding hydrogens is 194 g/mol. The maximum atomic E-state index is 9.96. The Balaban J connectivity index is 3.34. The van der Waals surface area contributed by atoms with Crippen molar-refractivity contribution in [1.29, 1.82) is 0 Å². The fourth-order valence-corrected chi connectivity index (χ4v) is 1.81. The minimum Gasteiger partial charge on any atom is -0.389 e. The van der Waals surface area contributed by atoms with Crippen molar-refractivity contribution >= 4 is 11.8 Å². The first kappa shape index (κ1) is 14.3. The molecule has 2 nitrogen and oxygen atoms in total. The van der Waals surface area contributed by atoms with Crippen molar-refractivity contribution in [2.75, 3.05) is 25.1 Å². The van der Waals surface area contributed by atoms with Crippen LogP contribution in [0.15, 0.2) is 0 Å². The molecule has 0 aliphatic heterocycles. The number of aliphatic hydroxyl groups is 1. The Morgan fingerprint density at radius 1 is 1.21 bits per heavy atom. The van der Waals surface area contributed by atoms with Crippen molar-refractivity contribution in [2.24, 2.45) is 0 Å². The highest BCUT2D eigenvalue weighted by Gasteiger charge is 2.20. The normalized spacial score (nSPS) is 12.0. The Bertz CT molecular complexity index is 126. The molecule has 0 amide bonds. The van der Waals surface area contributed by atoms with Crippen LogP contribution in [0.3, 0.4) is 0 Å². The molecule has 0 radical (unpaired) electrons. The summed E-state index contributed by atoms with van der Waals surface area (Å²) in [6.45, 7) is 5.85. The zero-order chi connectivity index (χ0) is 10.9. The zero-order valence-corrected chi connectivity index (χ0v) is 10.6. The summed E-state index contributed by atoms with van der Waals surface area (Å²) in [5.74, 6) is 1.24. The minimum atomic E-state index is -0.487. The summed E-state index contributed by atoms with van der Waals surface area (Å²) in [5, 5.41) is 13.3. The summed E-state index contributed by atoms with van der Waals surface area (Å²) in [6.07, 6.45) is 6.29. The van der Waals surface area contributed by atoms with Crippen LogP contribution in [-0.2, 0) is 0 Å². The lowest BCUT2D eigenvalue weighted by Crippen LogP contribution is -2.39. The fraction of sp³-hybridized carbons (Fsp3) is 1.00. The van der Waals surface area contributed by atoms with Crippen molar-refractivity contribution in [3.8, 4) is 0 Å². The van der Waals surface area contributed by atoms with E-state index >= 15 is 0 Å². The molecule has 0 aromatic heterocycles. The highest BCUT2D eigenvalue weighted by Crippen LogP contribution is 2.12. The summed E-state index contributed by atoms with van der Waals surface area (Å²) >= 11 is 1.90. The maximum Gasteiger partial charge on any atom is 0.0766 e. The van der Waals surface area contributed by atoms with Gasteiger partial charge in [0.2, 0.25) is 0 Å². The van der Waals surface area contributed by atoms with Gasteiger partial charge in [0.15, 0.2) is 0 Å². The Morgan fingerprint density at radius 2 is 1.86 bits per heavy atom. The molecule has 0 aromatic rings. The summed E-state index contributed by atoms with van der Waals surface area (Å²) in [5.41, 5.74) is -0.487. The van der Waals surface area contributed by atoms with Crippen molar-refractivity contribution in [2.45, 2.75) is 45.1 Å². The molecule has 0 unspecified atom stereocenters. The largest absolute Gasteiger partial charge is 0.389 e. The predicted molar refractivity (Wildman–Crippen MR) is 66.0 cm³/mol. The highest BCUT2D eigenvalue weighted by molar-refractivity contribution is 7.98. The lowest BCUT2D eigenvalue weighted by Gasteiger charge is -2.25. The van der Waals surface area contributed by atoms with E-state index in [0.29, 0.717) is 0 Å². The van der Waals surface area contributed by atoms with Gasteiger partial charge in [-0.25, -0.2) is 0 Å². The third-order valence-corrected chi connectivity index (χ3v) is 3.42. The average molecular weight is 219 g/mol. The standard InChI is InChI=1S/C11H25NOS/c1-4-11(13,5-2)10-12-8-6-7-9-14-3/h12-13H,4-10H2,1-3H3. The van der Waals surface area contributed by atoms with E-state index in [1.165, 1.54) is 18.6 Å². The molecule has 86 valence electrons. The molecule has 0 spiro atoms. The van der Waals surface area contributed by atoms with E-state index in [2.05, 4.69) is 11.6 Å². The van der Waals surface area contributed by atoms with Crippen LogP contribution in [0.4, 0.5) is 0 Å². The van der Waals surface area contributed by atoms with Crippen LogP contribution in [0.2, 0.25) is 0 Å². The number of unbranched alkanes of at least 4 members (excludes halogenated alkanes) is 1. The monoisotopic (exact) mass is 219 g/mol. The first-order valence-corrected chi connectivity index (χ1v) is 7.00. The smallest absolute Gasteiger partial charge is 0.0766 e. The lowest BCUT2D eigenvalue weighted by atomic mass is 9.98. The van der Waals surface area contributed by atoms with Gasteiger partial charge in [-0.3, -0.25) is 0 Å². The molecule has 0 fully saturated rings. The van der Waals surface area contributed by atoms with Crippen LogP contribution < -0.4 is 5.32 Å². The third kappa shape index (κ3) is 6.68. The maximum absolute atomic E-state index is 9.96. The SMILES string of the molecule is CCC(O)(CC)CNCCCCSC. The average Bonchev–Trinajstić information content (AvgIpc) is 2.23. The Labute approximate surface area is 92.9 Å². The van der Waals surface area contributed by atoms with Crippen molar-refractivity contribution in [3.05, 3.63) is 0 Å². The van der Waals surface area contributed by atoms with Gasteiger partial charge in [-0.1, -0.05) is 13.8 Å². The van der Waals surface area contributed by atoms with Crippen LogP contribution in [-0.4, -0.2) is 35.8 Å². The van der Waals surface area contributed by atoms with Gasteiger partial charge in [0, 0.05) is 6.54 Å². The molecular formula is C11H25NOS. The van der Waals surface area contributed by atoms with Gasteiger partial charge in [-0.15, -0.1) is 0 Å². The van der Waals surface area contributed by atoms with Crippen LogP contribution >= 0.6 is 11.8 Å². The molecule has 0 atom stereocenters. The molecule has 0 rings (SSSR count). The van der Waals surface area contributed by atoms with Gasteiger partial charge in [0.25, 0.3) is 0 Å². The van der Waals surface area contributed by atoms with Crippen LogP contribution in [0.25, 0.3) is 0 Å². The van der Waals surface area contributed by atoms with E-state index in [9.17, 15) is 5.11 Å². The van der Waals surface area contributed by atoms with Crippen LogP contribution in [0.5, 0.6) is 0 Å². The fourth-order valence-electron chi connectivity index (χ4n) is 1.32. The van der Waals surface area contributed by atoms with Crippen molar-refractivity contribution in [3.63, 3.8) is 0 Å². The Kier molecular flexibility index (Phi) is 8.73. The lowest BCUT2D eigenvalue weighted by molar-refractivity contribution is 0.0327. The van der Waals surface area contributed by atoms with Gasteiger partial charge in [-0.2, -0.15) is 11.8 Å². The summed E-state index contributed by atoms with van der Waals surface area (Å²) in [7, 11) is 0. The molecule has 0 aliphatic rings. The van der Waals surface area contributed by atoms with E-state index in [-0.39, 0.29) is 0 Å². The molecule has 0 aromatic carbocycles. The third-order valence-electron chi connectivity index (χ3n) is 2.72. The van der Waals surface area contributed by atoms with E-state index in [1.807, 2.05) is 25.6 Å². The van der Waals surface area contributed by atoms with Crippen LogP contribution in [0, 0.1) is 0 Å². The number of hydrogen-bond acceptors (Lipinski definition) is 3. The molecule has 0 saturated heterocycles. The molecule has 0 saturated carbocycles. The summed E-state index contributed by atoms with van der Waals surface area (Å²) < 4.78 is 0. The molecule has 0 heterocycles. The van der Waals surface area contributed by atoms with Gasteiger partial charge < -0.3 is 10.4 Å². The van der Waals surface area contributed by atoms with E-state index in [0.717, 1.165) is 25.9 Å².